The molecule has 1 aromatic carbocycles. The van der Waals surface area contributed by atoms with Crippen LogP contribution >= 0.6 is 11.6 Å². The summed E-state index contributed by atoms with van der Waals surface area (Å²) in [5, 5.41) is 6.67. The molecular formula is C21H21ClN6O. The number of nitrogens with one attached hydrogen (secondary N) is 2. The van der Waals surface area contributed by atoms with Crippen LogP contribution in [0.3, 0.4) is 0 Å². The van der Waals surface area contributed by atoms with Crippen molar-refractivity contribution < 1.29 is 4.79 Å². The van der Waals surface area contributed by atoms with Gasteiger partial charge in [-0.3, -0.25) is 9.78 Å². The maximum atomic E-state index is 12.2. The number of likely N-dealkylation sites (N-methyl/N-ethyl adjacent to an activating group) is 1. The largest absolute Gasteiger partial charge is 0.325 e. The molecule has 4 rings (SSSR count). The van der Waals surface area contributed by atoms with E-state index >= 15 is 0 Å². The standard InChI is InChI=1S/C21H21ClN6O/c1-28(2)6-5-13-7-16(12-23-10-13)25-21-24-11-14-8-19(29)26-18-9-15(22)3-4-17(18)20(14)27-21/h3-4,7,9-12H,5-6,8H2,1-2H3,(H,26,29)(H,24,25,27). The highest BCUT2D eigenvalue weighted by Crippen LogP contribution is 2.34. The van der Waals surface area contributed by atoms with Gasteiger partial charge in [-0.2, -0.15) is 0 Å². The molecule has 8 heteroatoms. The van der Waals surface area contributed by atoms with E-state index in [4.69, 9.17) is 11.6 Å². The number of anilines is 3. The Balaban J connectivity index is 1.64. The summed E-state index contributed by atoms with van der Waals surface area (Å²) < 4.78 is 0. The molecule has 3 aromatic rings. The lowest BCUT2D eigenvalue weighted by molar-refractivity contribution is -0.115. The minimum atomic E-state index is -0.116. The molecule has 148 valence electrons. The zero-order chi connectivity index (χ0) is 20.4. The van der Waals surface area contributed by atoms with Crippen LogP contribution in [-0.2, 0) is 17.6 Å². The van der Waals surface area contributed by atoms with Crippen LogP contribution in [0.2, 0.25) is 5.02 Å². The molecule has 0 spiro atoms. The SMILES string of the molecule is CN(C)CCc1cncc(Nc2ncc3c(n2)-c2ccc(Cl)cc2NC(=O)C3)c1. The Labute approximate surface area is 174 Å². The van der Waals surface area contributed by atoms with Crippen molar-refractivity contribution in [3.63, 3.8) is 0 Å². The summed E-state index contributed by atoms with van der Waals surface area (Å²) in [4.78, 5) is 27.7. The molecule has 1 aliphatic heterocycles. The quantitative estimate of drug-likeness (QED) is 0.672. The topological polar surface area (TPSA) is 83.0 Å². The van der Waals surface area contributed by atoms with Gasteiger partial charge >= 0.3 is 0 Å². The lowest BCUT2D eigenvalue weighted by Crippen LogP contribution is -2.15. The fraction of sp³-hybridized carbons (Fsp3) is 0.238. The van der Waals surface area contributed by atoms with E-state index in [1.807, 2.05) is 32.4 Å². The number of hydrogen-bond acceptors (Lipinski definition) is 6. The van der Waals surface area contributed by atoms with Crippen LogP contribution in [0.15, 0.2) is 42.9 Å². The van der Waals surface area contributed by atoms with Gasteiger partial charge in [-0.1, -0.05) is 11.6 Å². The van der Waals surface area contributed by atoms with Crippen molar-refractivity contribution in [2.75, 3.05) is 31.3 Å². The number of pyridine rings is 1. The highest BCUT2D eigenvalue weighted by molar-refractivity contribution is 6.31. The summed E-state index contributed by atoms with van der Waals surface area (Å²) in [6.45, 7) is 0.945. The van der Waals surface area contributed by atoms with Crippen molar-refractivity contribution in [3.8, 4) is 11.3 Å². The van der Waals surface area contributed by atoms with Gasteiger partial charge in [0.2, 0.25) is 11.9 Å². The number of carbonyl (C=O) groups is 1. The number of halogens is 1. The normalized spacial score (nSPS) is 12.8. The molecule has 0 radical (unpaired) electrons. The average Bonchev–Trinajstić information content (AvgIpc) is 2.81. The molecule has 0 fully saturated rings. The summed E-state index contributed by atoms with van der Waals surface area (Å²) in [6, 6.07) is 7.43. The smallest absolute Gasteiger partial charge is 0.228 e. The van der Waals surface area contributed by atoms with Gasteiger partial charge in [0.15, 0.2) is 0 Å². The third-order valence-corrected chi connectivity index (χ3v) is 4.86. The minimum absolute atomic E-state index is 0.116. The van der Waals surface area contributed by atoms with Gasteiger partial charge in [0.25, 0.3) is 0 Å². The molecule has 0 saturated heterocycles. The number of aromatic nitrogens is 3. The molecule has 29 heavy (non-hydrogen) atoms. The molecule has 2 N–H and O–H groups in total. The highest BCUT2D eigenvalue weighted by Gasteiger charge is 2.21. The van der Waals surface area contributed by atoms with Crippen LogP contribution in [0.1, 0.15) is 11.1 Å². The van der Waals surface area contributed by atoms with Crippen LogP contribution in [0.25, 0.3) is 11.3 Å². The van der Waals surface area contributed by atoms with Crippen LogP contribution in [0, 0.1) is 0 Å². The first kappa shape index (κ1) is 19.3. The van der Waals surface area contributed by atoms with E-state index in [1.54, 1.807) is 24.5 Å². The maximum Gasteiger partial charge on any atom is 0.228 e. The molecule has 2 aromatic heterocycles. The van der Waals surface area contributed by atoms with Crippen molar-refractivity contribution in [1.29, 1.82) is 0 Å². The molecular weight excluding hydrogens is 388 g/mol. The summed E-state index contributed by atoms with van der Waals surface area (Å²) >= 11 is 6.10. The Kier molecular flexibility index (Phi) is 5.42. The van der Waals surface area contributed by atoms with E-state index in [9.17, 15) is 4.79 Å². The van der Waals surface area contributed by atoms with Crippen molar-refractivity contribution in [2.24, 2.45) is 0 Å². The summed E-state index contributed by atoms with van der Waals surface area (Å²) in [7, 11) is 4.09. The fourth-order valence-corrected chi connectivity index (χ4v) is 3.37. The van der Waals surface area contributed by atoms with Gasteiger partial charge in [0.1, 0.15) is 0 Å². The number of hydrogen-bond donors (Lipinski definition) is 2. The van der Waals surface area contributed by atoms with Crippen molar-refractivity contribution in [3.05, 3.63) is 59.0 Å². The minimum Gasteiger partial charge on any atom is -0.325 e. The van der Waals surface area contributed by atoms with Gasteiger partial charge in [-0.25, -0.2) is 9.97 Å². The second-order valence-electron chi connectivity index (χ2n) is 7.24. The lowest BCUT2D eigenvalue weighted by Gasteiger charge is -2.12. The summed E-state index contributed by atoms with van der Waals surface area (Å²) in [5.74, 6) is 0.333. The number of nitrogens with zero attached hydrogens (tertiary/aromatic N) is 4. The third-order valence-electron chi connectivity index (χ3n) is 4.63. The van der Waals surface area contributed by atoms with Gasteiger partial charge in [-0.05, 0) is 50.3 Å². The Morgan fingerprint density at radius 2 is 2.07 bits per heavy atom. The number of rotatable bonds is 5. The molecule has 1 amide bonds. The molecule has 0 saturated carbocycles. The molecule has 3 heterocycles. The van der Waals surface area contributed by atoms with E-state index < -0.39 is 0 Å². The molecule has 0 bridgehead atoms. The zero-order valence-electron chi connectivity index (χ0n) is 16.2. The van der Waals surface area contributed by atoms with Crippen LogP contribution in [0.5, 0.6) is 0 Å². The first-order valence-corrected chi connectivity index (χ1v) is 9.67. The van der Waals surface area contributed by atoms with Crippen LogP contribution < -0.4 is 10.6 Å². The van der Waals surface area contributed by atoms with E-state index in [2.05, 4.69) is 30.5 Å². The maximum absolute atomic E-state index is 12.2. The molecule has 0 atom stereocenters. The molecule has 1 aliphatic rings. The Morgan fingerprint density at radius 1 is 1.21 bits per heavy atom. The Morgan fingerprint density at radius 3 is 2.90 bits per heavy atom. The first-order valence-electron chi connectivity index (χ1n) is 9.29. The summed E-state index contributed by atoms with van der Waals surface area (Å²) in [5.41, 5.74) is 4.90. The Bertz CT molecular complexity index is 1070. The van der Waals surface area contributed by atoms with Crippen LogP contribution in [-0.4, -0.2) is 46.4 Å². The van der Waals surface area contributed by atoms with Gasteiger partial charge in [-0.15, -0.1) is 0 Å². The van der Waals surface area contributed by atoms with E-state index in [0.717, 1.165) is 35.3 Å². The molecule has 7 nitrogen and oxygen atoms in total. The van der Waals surface area contributed by atoms with E-state index in [-0.39, 0.29) is 12.3 Å². The first-order chi connectivity index (χ1) is 14.0. The zero-order valence-corrected chi connectivity index (χ0v) is 17.0. The molecule has 0 aliphatic carbocycles. The number of fused-ring (bicyclic) bond motifs is 3. The molecule has 0 unspecified atom stereocenters. The van der Waals surface area contributed by atoms with Gasteiger partial charge in [0.05, 0.1) is 29.7 Å². The number of carbonyl (C=O) groups excluding carboxylic acids is 1. The predicted octanol–water partition coefficient (Wildman–Crippen LogP) is 3.53. The Hall–Kier alpha value is -3.03. The highest BCUT2D eigenvalue weighted by atomic mass is 35.5. The second kappa shape index (κ2) is 8.14. The third kappa shape index (κ3) is 4.52. The fourth-order valence-electron chi connectivity index (χ4n) is 3.20. The monoisotopic (exact) mass is 408 g/mol. The van der Waals surface area contributed by atoms with Gasteiger partial charge < -0.3 is 15.5 Å². The van der Waals surface area contributed by atoms with Crippen molar-refractivity contribution >= 4 is 34.8 Å². The summed E-state index contributed by atoms with van der Waals surface area (Å²) in [6.07, 6.45) is 6.42. The van der Waals surface area contributed by atoms with Crippen molar-refractivity contribution in [1.82, 2.24) is 19.9 Å². The number of benzene rings is 1. The predicted molar refractivity (Wildman–Crippen MR) is 115 cm³/mol. The second-order valence-corrected chi connectivity index (χ2v) is 7.68. The van der Waals surface area contributed by atoms with E-state index in [0.29, 0.717) is 22.4 Å². The lowest BCUT2D eigenvalue weighted by atomic mass is 10.1. The number of amides is 1. The van der Waals surface area contributed by atoms with E-state index in [1.165, 1.54) is 0 Å². The average molecular weight is 409 g/mol. The van der Waals surface area contributed by atoms with Crippen LogP contribution in [0.4, 0.5) is 17.3 Å². The van der Waals surface area contributed by atoms with Gasteiger partial charge in [0, 0.05) is 35.1 Å². The van der Waals surface area contributed by atoms with Crippen molar-refractivity contribution in [2.45, 2.75) is 12.8 Å².